The standard InChI is InChI=1S/C34H20O4/c1-3-7-20-17(5-1)9-13-22-27(20)31-29-24(37-33(31)35-22)15-11-19-12-16-25-30(26(19)29)32-28-21-8-4-2-6-18(21)10-14-23(28)36-34(32)38-25/h1-16,31-34H/t31-,32+,33-,34+. The van der Waals surface area contributed by atoms with Gasteiger partial charge in [0.15, 0.2) is 0 Å². The highest BCUT2D eigenvalue weighted by Crippen LogP contribution is 2.59. The van der Waals surface area contributed by atoms with E-state index in [9.17, 15) is 0 Å². The van der Waals surface area contributed by atoms with Gasteiger partial charge in [-0.25, -0.2) is 0 Å². The summed E-state index contributed by atoms with van der Waals surface area (Å²) in [4.78, 5) is 0. The minimum atomic E-state index is -0.377. The normalized spacial score (nSPS) is 23.1. The van der Waals surface area contributed by atoms with Crippen LogP contribution in [0.3, 0.4) is 0 Å². The molecule has 4 aliphatic rings. The Morgan fingerprint density at radius 3 is 1.24 bits per heavy atom. The summed E-state index contributed by atoms with van der Waals surface area (Å²) in [6.07, 6.45) is -0.753. The van der Waals surface area contributed by atoms with Crippen LogP contribution < -0.4 is 18.9 Å². The van der Waals surface area contributed by atoms with Crippen molar-refractivity contribution in [2.75, 3.05) is 0 Å². The molecule has 0 unspecified atom stereocenters. The first-order valence-corrected chi connectivity index (χ1v) is 13.1. The van der Waals surface area contributed by atoms with Gasteiger partial charge in [0.2, 0.25) is 0 Å². The van der Waals surface area contributed by atoms with Gasteiger partial charge in [0.05, 0.1) is 11.8 Å². The molecule has 180 valence electrons. The van der Waals surface area contributed by atoms with Crippen LogP contribution in [0.15, 0.2) is 97.1 Å². The van der Waals surface area contributed by atoms with Crippen LogP contribution in [0.25, 0.3) is 32.3 Å². The van der Waals surface area contributed by atoms with Crippen molar-refractivity contribution >= 4 is 32.3 Å². The summed E-state index contributed by atoms with van der Waals surface area (Å²) >= 11 is 0. The van der Waals surface area contributed by atoms with Crippen LogP contribution >= 0.6 is 0 Å². The molecule has 0 saturated carbocycles. The minimum absolute atomic E-state index is 0.0188. The zero-order chi connectivity index (χ0) is 24.5. The Morgan fingerprint density at radius 1 is 0.368 bits per heavy atom. The summed E-state index contributed by atoms with van der Waals surface area (Å²) in [6.45, 7) is 0. The second-order valence-corrected chi connectivity index (χ2v) is 10.6. The number of hydrogen-bond acceptors (Lipinski definition) is 4. The lowest BCUT2D eigenvalue weighted by molar-refractivity contribution is 0.0328. The molecular formula is C34H20O4. The molecule has 4 heteroatoms. The van der Waals surface area contributed by atoms with Crippen molar-refractivity contribution in [2.45, 2.75) is 24.4 Å². The lowest BCUT2D eigenvalue weighted by Crippen LogP contribution is -2.20. The molecule has 0 fully saturated rings. The molecule has 6 aromatic rings. The zero-order valence-electron chi connectivity index (χ0n) is 20.2. The van der Waals surface area contributed by atoms with Crippen LogP contribution in [0, 0.1) is 0 Å². The van der Waals surface area contributed by atoms with E-state index in [1.54, 1.807) is 0 Å². The molecule has 4 atom stereocenters. The second kappa shape index (κ2) is 6.59. The van der Waals surface area contributed by atoms with E-state index in [0.29, 0.717) is 0 Å². The van der Waals surface area contributed by atoms with Crippen molar-refractivity contribution < 1.29 is 18.9 Å². The fraction of sp³-hybridized carbons (Fsp3) is 0.118. The number of benzene rings is 6. The number of fused-ring (bicyclic) bond motifs is 17. The highest BCUT2D eigenvalue weighted by Gasteiger charge is 2.50. The molecule has 10 rings (SSSR count). The minimum Gasteiger partial charge on any atom is -0.454 e. The molecule has 0 aromatic heterocycles. The monoisotopic (exact) mass is 492 g/mol. The Morgan fingerprint density at radius 2 is 0.763 bits per heavy atom. The van der Waals surface area contributed by atoms with Gasteiger partial charge in [-0.2, -0.15) is 0 Å². The maximum absolute atomic E-state index is 6.49. The van der Waals surface area contributed by atoms with Crippen LogP contribution in [0.1, 0.15) is 34.1 Å². The van der Waals surface area contributed by atoms with Gasteiger partial charge in [0, 0.05) is 22.3 Å². The van der Waals surface area contributed by atoms with Crippen molar-refractivity contribution in [2.24, 2.45) is 0 Å². The molecule has 38 heavy (non-hydrogen) atoms. The van der Waals surface area contributed by atoms with Gasteiger partial charge in [-0.05, 0) is 56.6 Å². The molecule has 0 aliphatic carbocycles. The first-order valence-electron chi connectivity index (χ1n) is 13.1. The summed E-state index contributed by atoms with van der Waals surface area (Å²) in [5.74, 6) is 3.55. The highest BCUT2D eigenvalue weighted by atomic mass is 16.7. The lowest BCUT2D eigenvalue weighted by atomic mass is 9.81. The third kappa shape index (κ3) is 2.24. The third-order valence-electron chi connectivity index (χ3n) is 8.81. The molecule has 0 spiro atoms. The maximum atomic E-state index is 6.49. The van der Waals surface area contributed by atoms with Gasteiger partial charge in [0.1, 0.15) is 23.0 Å². The fourth-order valence-corrected chi connectivity index (χ4v) is 7.31. The molecule has 0 radical (unpaired) electrons. The summed E-state index contributed by atoms with van der Waals surface area (Å²) in [5.41, 5.74) is 4.80. The summed E-state index contributed by atoms with van der Waals surface area (Å²) in [5, 5.41) is 7.23. The molecule has 4 aliphatic heterocycles. The topological polar surface area (TPSA) is 36.9 Å². The van der Waals surface area contributed by atoms with Gasteiger partial charge >= 0.3 is 0 Å². The van der Waals surface area contributed by atoms with Gasteiger partial charge in [-0.15, -0.1) is 0 Å². The largest absolute Gasteiger partial charge is 0.454 e. The van der Waals surface area contributed by atoms with Crippen molar-refractivity contribution in [1.29, 1.82) is 0 Å². The van der Waals surface area contributed by atoms with Gasteiger partial charge in [-0.3, -0.25) is 0 Å². The molecule has 4 nitrogen and oxygen atoms in total. The van der Waals surface area contributed by atoms with Crippen molar-refractivity contribution in [3.63, 3.8) is 0 Å². The Hall–Kier alpha value is -4.70. The Kier molecular flexibility index (Phi) is 3.37. The van der Waals surface area contributed by atoms with E-state index in [4.69, 9.17) is 18.9 Å². The quantitative estimate of drug-likeness (QED) is 0.218. The van der Waals surface area contributed by atoms with Crippen LogP contribution in [0.5, 0.6) is 23.0 Å². The smallest absolute Gasteiger partial charge is 0.252 e. The van der Waals surface area contributed by atoms with E-state index in [1.807, 2.05) is 0 Å². The first-order chi connectivity index (χ1) is 18.8. The average Bonchev–Trinajstić information content (AvgIpc) is 3.69. The van der Waals surface area contributed by atoms with E-state index in [0.717, 1.165) is 23.0 Å². The number of hydrogen-bond donors (Lipinski definition) is 0. The summed E-state index contributed by atoms with van der Waals surface area (Å²) in [6, 6.07) is 34.0. The molecule has 6 aromatic carbocycles. The SMILES string of the molecule is c1ccc2c3c(ccc2c1)O[C@@H]1Oc2ccc4ccc5c(c4c2[C@@H]31)[C@@H]1c2c(ccc3ccccc23)O[C@H]1O5. The third-order valence-corrected chi connectivity index (χ3v) is 8.81. The number of ether oxygens (including phenoxy) is 4. The fourth-order valence-electron chi connectivity index (χ4n) is 7.31. The van der Waals surface area contributed by atoms with Crippen LogP contribution in [-0.2, 0) is 0 Å². The van der Waals surface area contributed by atoms with Crippen molar-refractivity contribution in [1.82, 2.24) is 0 Å². The molecule has 0 saturated heterocycles. The van der Waals surface area contributed by atoms with Crippen LogP contribution in [0.4, 0.5) is 0 Å². The maximum Gasteiger partial charge on any atom is 0.252 e. The summed E-state index contributed by atoms with van der Waals surface area (Å²) in [7, 11) is 0. The predicted molar refractivity (Wildman–Crippen MR) is 146 cm³/mol. The predicted octanol–water partition coefficient (Wildman–Crippen LogP) is 7.63. The Balaban J connectivity index is 1.29. The lowest BCUT2D eigenvalue weighted by Gasteiger charge is -2.16. The van der Waals surface area contributed by atoms with Gasteiger partial charge < -0.3 is 18.9 Å². The van der Waals surface area contributed by atoms with E-state index >= 15 is 0 Å². The van der Waals surface area contributed by atoms with E-state index in [2.05, 4.69) is 97.1 Å². The molecule has 0 N–H and O–H groups in total. The van der Waals surface area contributed by atoms with Crippen LogP contribution in [0.2, 0.25) is 0 Å². The Labute approximate surface area is 217 Å². The summed E-state index contributed by atoms with van der Waals surface area (Å²) < 4.78 is 25.8. The Bertz CT molecular complexity index is 1880. The van der Waals surface area contributed by atoms with E-state index in [-0.39, 0.29) is 24.4 Å². The van der Waals surface area contributed by atoms with E-state index in [1.165, 1.54) is 54.6 Å². The van der Waals surface area contributed by atoms with Crippen molar-refractivity contribution in [3.05, 3.63) is 119 Å². The molecule has 4 heterocycles. The molecule has 0 bridgehead atoms. The average molecular weight is 493 g/mol. The van der Waals surface area contributed by atoms with Crippen molar-refractivity contribution in [3.8, 4) is 23.0 Å². The van der Waals surface area contributed by atoms with Crippen LogP contribution in [-0.4, -0.2) is 12.6 Å². The molecule has 0 amide bonds. The molecular weight excluding hydrogens is 472 g/mol. The number of rotatable bonds is 0. The highest BCUT2D eigenvalue weighted by molar-refractivity contribution is 5.99. The van der Waals surface area contributed by atoms with E-state index < -0.39 is 0 Å². The zero-order valence-corrected chi connectivity index (χ0v) is 20.2. The second-order valence-electron chi connectivity index (χ2n) is 10.6. The van der Waals surface area contributed by atoms with Gasteiger partial charge in [0.25, 0.3) is 12.6 Å². The van der Waals surface area contributed by atoms with Gasteiger partial charge in [-0.1, -0.05) is 72.8 Å². The first kappa shape index (κ1) is 19.4.